The van der Waals surface area contributed by atoms with Crippen LogP contribution in [-0.4, -0.2) is 44.9 Å². The number of aliphatic hydroxyl groups excluding tert-OH is 1. The maximum Gasteiger partial charge on any atom is 0.150 e. The molecule has 15 heavy (non-hydrogen) atoms. The lowest BCUT2D eigenvalue weighted by molar-refractivity contribution is 0.0993. The molecule has 2 atom stereocenters. The zero-order valence-corrected chi connectivity index (χ0v) is 10.0. The minimum absolute atomic E-state index is 0.0628. The summed E-state index contributed by atoms with van der Waals surface area (Å²) in [5, 5.41) is 9.21. The standard InChI is InChI=1S/C10H20O4S/c1-2-14-5-3-9(7-11)10-4-6-15(12,13)8-10/h9-11H,2-8H2,1H3. The van der Waals surface area contributed by atoms with Crippen LogP contribution in [0.15, 0.2) is 0 Å². The zero-order valence-electron chi connectivity index (χ0n) is 9.18. The lowest BCUT2D eigenvalue weighted by atomic mass is 9.90. The Kier molecular flexibility index (Phi) is 5.02. The Morgan fingerprint density at radius 1 is 1.53 bits per heavy atom. The molecular weight excluding hydrogens is 216 g/mol. The summed E-state index contributed by atoms with van der Waals surface area (Å²) in [6.07, 6.45) is 1.45. The summed E-state index contributed by atoms with van der Waals surface area (Å²) in [6.45, 7) is 3.26. The number of rotatable bonds is 6. The van der Waals surface area contributed by atoms with E-state index in [1.54, 1.807) is 0 Å². The van der Waals surface area contributed by atoms with E-state index in [9.17, 15) is 13.5 Å². The van der Waals surface area contributed by atoms with Gasteiger partial charge in [-0.25, -0.2) is 8.42 Å². The van der Waals surface area contributed by atoms with Crippen LogP contribution in [0.4, 0.5) is 0 Å². The van der Waals surface area contributed by atoms with Gasteiger partial charge in [0, 0.05) is 19.8 Å². The molecule has 0 aliphatic carbocycles. The Hall–Kier alpha value is -0.130. The van der Waals surface area contributed by atoms with Crippen LogP contribution in [0, 0.1) is 11.8 Å². The van der Waals surface area contributed by atoms with Gasteiger partial charge in [-0.1, -0.05) is 0 Å². The van der Waals surface area contributed by atoms with E-state index in [1.807, 2.05) is 6.92 Å². The van der Waals surface area contributed by atoms with Crippen molar-refractivity contribution < 1.29 is 18.3 Å². The van der Waals surface area contributed by atoms with Crippen LogP contribution in [0.25, 0.3) is 0 Å². The van der Waals surface area contributed by atoms with Crippen molar-refractivity contribution in [2.45, 2.75) is 19.8 Å². The molecule has 0 aromatic heterocycles. The molecule has 1 N–H and O–H groups in total. The van der Waals surface area contributed by atoms with E-state index >= 15 is 0 Å². The predicted octanol–water partition coefficient (Wildman–Crippen LogP) is 0.456. The summed E-state index contributed by atoms with van der Waals surface area (Å²) in [4.78, 5) is 0. The van der Waals surface area contributed by atoms with Crippen molar-refractivity contribution in [2.75, 3.05) is 31.3 Å². The fourth-order valence-electron chi connectivity index (χ4n) is 2.05. The van der Waals surface area contributed by atoms with Crippen LogP contribution in [0.2, 0.25) is 0 Å². The van der Waals surface area contributed by atoms with Crippen molar-refractivity contribution in [2.24, 2.45) is 11.8 Å². The van der Waals surface area contributed by atoms with Crippen molar-refractivity contribution in [1.29, 1.82) is 0 Å². The van der Waals surface area contributed by atoms with E-state index in [4.69, 9.17) is 4.74 Å². The lowest BCUT2D eigenvalue weighted by Crippen LogP contribution is -2.21. The summed E-state index contributed by atoms with van der Waals surface area (Å²) < 4.78 is 27.8. The van der Waals surface area contributed by atoms with Gasteiger partial charge >= 0.3 is 0 Å². The number of hydrogen-bond acceptors (Lipinski definition) is 4. The quantitative estimate of drug-likeness (QED) is 0.680. The molecule has 1 aliphatic rings. The highest BCUT2D eigenvalue weighted by atomic mass is 32.2. The molecule has 90 valence electrons. The minimum Gasteiger partial charge on any atom is -0.396 e. The van der Waals surface area contributed by atoms with E-state index in [2.05, 4.69) is 0 Å². The third-order valence-corrected chi connectivity index (χ3v) is 4.80. The molecule has 0 aromatic rings. The van der Waals surface area contributed by atoms with E-state index in [-0.39, 0.29) is 29.9 Å². The minimum atomic E-state index is -2.83. The fraction of sp³-hybridized carbons (Fsp3) is 1.00. The Balaban J connectivity index is 2.39. The molecular formula is C10H20O4S. The second kappa shape index (κ2) is 5.82. The van der Waals surface area contributed by atoms with E-state index in [0.717, 1.165) is 6.42 Å². The second-order valence-corrected chi connectivity index (χ2v) is 6.32. The SMILES string of the molecule is CCOCCC(CO)C1CCS(=O)(=O)C1. The smallest absolute Gasteiger partial charge is 0.150 e. The monoisotopic (exact) mass is 236 g/mol. The summed E-state index contributed by atoms with van der Waals surface area (Å²) >= 11 is 0. The fourth-order valence-corrected chi connectivity index (χ4v) is 3.97. The number of sulfone groups is 1. The molecule has 0 saturated carbocycles. The van der Waals surface area contributed by atoms with Gasteiger partial charge in [0.2, 0.25) is 0 Å². The largest absolute Gasteiger partial charge is 0.396 e. The van der Waals surface area contributed by atoms with Gasteiger partial charge in [-0.05, 0) is 31.6 Å². The third-order valence-electron chi connectivity index (χ3n) is 3.01. The molecule has 5 heteroatoms. The van der Waals surface area contributed by atoms with Crippen LogP contribution in [0.1, 0.15) is 19.8 Å². The molecule has 0 spiro atoms. The summed E-state index contributed by atoms with van der Waals surface area (Å²) in [6, 6.07) is 0. The third kappa shape index (κ3) is 4.09. The maximum absolute atomic E-state index is 11.3. The van der Waals surface area contributed by atoms with Crippen molar-refractivity contribution in [3.63, 3.8) is 0 Å². The highest BCUT2D eigenvalue weighted by Gasteiger charge is 2.32. The molecule has 1 fully saturated rings. The highest BCUT2D eigenvalue weighted by molar-refractivity contribution is 7.91. The molecule has 0 aromatic carbocycles. The van der Waals surface area contributed by atoms with Crippen molar-refractivity contribution in [3.05, 3.63) is 0 Å². The van der Waals surface area contributed by atoms with Gasteiger partial charge in [0.15, 0.2) is 9.84 Å². The Morgan fingerprint density at radius 2 is 2.27 bits per heavy atom. The molecule has 0 amide bonds. The number of ether oxygens (including phenoxy) is 1. The normalized spacial score (nSPS) is 26.7. The summed E-state index contributed by atoms with van der Waals surface area (Å²) in [7, 11) is -2.83. The highest BCUT2D eigenvalue weighted by Crippen LogP contribution is 2.27. The Labute approximate surface area is 91.6 Å². The van der Waals surface area contributed by atoms with Gasteiger partial charge in [-0.3, -0.25) is 0 Å². The average Bonchev–Trinajstić information content (AvgIpc) is 2.54. The molecule has 2 unspecified atom stereocenters. The van der Waals surface area contributed by atoms with E-state index in [0.29, 0.717) is 19.6 Å². The van der Waals surface area contributed by atoms with Crippen LogP contribution in [-0.2, 0) is 14.6 Å². The first kappa shape index (κ1) is 12.9. The van der Waals surface area contributed by atoms with Crippen molar-refractivity contribution in [1.82, 2.24) is 0 Å². The molecule has 1 aliphatic heterocycles. The van der Waals surface area contributed by atoms with E-state index < -0.39 is 9.84 Å². The van der Waals surface area contributed by atoms with Crippen LogP contribution in [0.5, 0.6) is 0 Å². The molecule has 4 nitrogen and oxygen atoms in total. The molecule has 1 rings (SSSR count). The molecule has 1 heterocycles. The predicted molar refractivity (Wildman–Crippen MR) is 58.4 cm³/mol. The van der Waals surface area contributed by atoms with Gasteiger partial charge in [0.25, 0.3) is 0 Å². The van der Waals surface area contributed by atoms with Gasteiger partial charge < -0.3 is 9.84 Å². The lowest BCUT2D eigenvalue weighted by Gasteiger charge is -2.19. The first-order valence-electron chi connectivity index (χ1n) is 5.48. The topological polar surface area (TPSA) is 63.6 Å². The van der Waals surface area contributed by atoms with Crippen molar-refractivity contribution in [3.8, 4) is 0 Å². The second-order valence-electron chi connectivity index (χ2n) is 4.09. The number of hydrogen-bond donors (Lipinski definition) is 1. The zero-order chi connectivity index (χ0) is 11.3. The van der Waals surface area contributed by atoms with Gasteiger partial charge in [0.1, 0.15) is 0 Å². The summed E-state index contributed by atoms with van der Waals surface area (Å²) in [5.74, 6) is 0.724. The van der Waals surface area contributed by atoms with Crippen LogP contribution in [0.3, 0.4) is 0 Å². The average molecular weight is 236 g/mol. The van der Waals surface area contributed by atoms with Crippen molar-refractivity contribution >= 4 is 9.84 Å². The van der Waals surface area contributed by atoms with Crippen LogP contribution < -0.4 is 0 Å². The van der Waals surface area contributed by atoms with Gasteiger partial charge in [0.05, 0.1) is 11.5 Å². The Bertz CT molecular complexity index is 273. The number of aliphatic hydroxyl groups is 1. The van der Waals surface area contributed by atoms with Gasteiger partial charge in [-0.15, -0.1) is 0 Å². The molecule has 1 saturated heterocycles. The Morgan fingerprint density at radius 3 is 2.73 bits per heavy atom. The van der Waals surface area contributed by atoms with Crippen LogP contribution >= 0.6 is 0 Å². The first-order chi connectivity index (χ1) is 7.09. The first-order valence-corrected chi connectivity index (χ1v) is 7.30. The maximum atomic E-state index is 11.3. The van der Waals surface area contributed by atoms with E-state index in [1.165, 1.54) is 0 Å². The molecule has 0 bridgehead atoms. The van der Waals surface area contributed by atoms with Gasteiger partial charge in [-0.2, -0.15) is 0 Å². The molecule has 0 radical (unpaired) electrons. The summed E-state index contributed by atoms with van der Waals surface area (Å²) in [5.41, 5.74) is 0.